The fourth-order valence-corrected chi connectivity index (χ4v) is 3.23. The van der Waals surface area contributed by atoms with Crippen LogP contribution in [0, 0.1) is 5.92 Å². The van der Waals surface area contributed by atoms with E-state index in [1.807, 2.05) is 0 Å². The Labute approximate surface area is 127 Å². The van der Waals surface area contributed by atoms with Crippen molar-refractivity contribution in [3.05, 3.63) is 0 Å². The number of hydrogen-bond donors (Lipinski definition) is 0. The molecule has 1 saturated carbocycles. The smallest absolute Gasteiger partial charge is 0.272 e. The Morgan fingerprint density at radius 1 is 1.18 bits per heavy atom. The predicted octanol–water partition coefficient (Wildman–Crippen LogP) is -0.439. The van der Waals surface area contributed by atoms with Crippen molar-refractivity contribution in [1.29, 1.82) is 0 Å². The van der Waals surface area contributed by atoms with Crippen LogP contribution in [0.15, 0.2) is 5.16 Å². The lowest BCUT2D eigenvalue weighted by Crippen LogP contribution is -2.46. The molecule has 22 heavy (non-hydrogen) atoms. The summed E-state index contributed by atoms with van der Waals surface area (Å²) in [5.41, 5.74) is -1.32. The van der Waals surface area contributed by atoms with Gasteiger partial charge in [0.1, 0.15) is 0 Å². The summed E-state index contributed by atoms with van der Waals surface area (Å²) in [5, 5.41) is 3.92. The highest BCUT2D eigenvalue weighted by molar-refractivity contribution is 6.40. The van der Waals surface area contributed by atoms with Crippen LogP contribution in [-0.2, 0) is 19.2 Å². The number of fused-ring (bicyclic) bond motifs is 1. The van der Waals surface area contributed by atoms with Gasteiger partial charge >= 0.3 is 0 Å². The van der Waals surface area contributed by atoms with Gasteiger partial charge in [0.15, 0.2) is 17.5 Å². The first kappa shape index (κ1) is 13.9. The molecule has 0 bridgehead atoms. The maximum absolute atomic E-state index is 13.9. The molecule has 2 atom stereocenters. The number of carbonyl (C=O) groups excluding carboxylic acids is 2. The van der Waals surface area contributed by atoms with Crippen molar-refractivity contribution in [2.24, 2.45) is 11.1 Å². The van der Waals surface area contributed by atoms with E-state index in [4.69, 9.17) is 9.57 Å². The van der Waals surface area contributed by atoms with Crippen LogP contribution < -0.4 is 0 Å². The lowest BCUT2D eigenvalue weighted by atomic mass is 10.00. The molecular weight excluding hydrogens is 293 g/mol. The Bertz CT molecular complexity index is 542. The standard InChI is InChI=1S/C14H18FN3O4/c15-14(1-2-14)13(20)18-7-9-10(8-18)22-16-11(9)12(19)17-3-5-21-6-4-17/h9-10H,1-8H2/t9-,10+/m0/s1. The maximum atomic E-state index is 13.9. The highest BCUT2D eigenvalue weighted by atomic mass is 19.1. The zero-order valence-electron chi connectivity index (χ0n) is 12.2. The van der Waals surface area contributed by atoms with Crippen LogP contribution in [0.25, 0.3) is 0 Å². The summed E-state index contributed by atoms with van der Waals surface area (Å²) in [7, 11) is 0. The molecule has 120 valence electrons. The number of alkyl halides is 1. The Morgan fingerprint density at radius 2 is 1.91 bits per heavy atom. The van der Waals surface area contributed by atoms with E-state index in [1.165, 1.54) is 4.90 Å². The van der Waals surface area contributed by atoms with Crippen molar-refractivity contribution < 1.29 is 23.6 Å². The molecule has 0 aromatic heterocycles. The van der Waals surface area contributed by atoms with E-state index in [2.05, 4.69) is 5.16 Å². The van der Waals surface area contributed by atoms with E-state index in [0.29, 0.717) is 57.9 Å². The van der Waals surface area contributed by atoms with Crippen molar-refractivity contribution in [1.82, 2.24) is 9.80 Å². The number of rotatable bonds is 2. The minimum atomic E-state index is -1.68. The Hall–Kier alpha value is -1.70. The van der Waals surface area contributed by atoms with Crippen molar-refractivity contribution in [3.8, 4) is 0 Å². The quantitative estimate of drug-likeness (QED) is 0.693. The van der Waals surface area contributed by atoms with Crippen LogP contribution in [0.4, 0.5) is 4.39 Å². The van der Waals surface area contributed by atoms with Gasteiger partial charge in [0.05, 0.1) is 25.7 Å². The second-order valence-electron chi connectivity index (χ2n) is 6.31. The molecular formula is C14H18FN3O4. The molecule has 7 nitrogen and oxygen atoms in total. The number of ether oxygens (including phenoxy) is 1. The second kappa shape index (κ2) is 4.91. The zero-order chi connectivity index (χ0) is 15.3. The number of likely N-dealkylation sites (tertiary alicyclic amines) is 1. The van der Waals surface area contributed by atoms with E-state index in [0.717, 1.165) is 0 Å². The van der Waals surface area contributed by atoms with Gasteiger partial charge in [0, 0.05) is 19.6 Å². The number of halogens is 1. The van der Waals surface area contributed by atoms with Gasteiger partial charge in [-0.05, 0) is 12.8 Å². The van der Waals surface area contributed by atoms with E-state index in [9.17, 15) is 14.0 Å². The third-order valence-corrected chi connectivity index (χ3v) is 4.78. The van der Waals surface area contributed by atoms with Crippen LogP contribution in [0.1, 0.15) is 12.8 Å². The molecule has 4 rings (SSSR count). The van der Waals surface area contributed by atoms with Crippen molar-refractivity contribution >= 4 is 17.5 Å². The van der Waals surface area contributed by atoms with Gasteiger partial charge in [-0.3, -0.25) is 9.59 Å². The van der Waals surface area contributed by atoms with E-state index < -0.39 is 11.6 Å². The summed E-state index contributed by atoms with van der Waals surface area (Å²) in [6, 6.07) is 0. The second-order valence-corrected chi connectivity index (χ2v) is 6.31. The predicted molar refractivity (Wildman–Crippen MR) is 72.9 cm³/mol. The summed E-state index contributed by atoms with van der Waals surface area (Å²) in [6.45, 7) is 2.71. The normalized spacial score (nSPS) is 32.3. The minimum Gasteiger partial charge on any atom is -0.389 e. The molecule has 3 fully saturated rings. The van der Waals surface area contributed by atoms with Gasteiger partial charge in [0.25, 0.3) is 11.8 Å². The number of amides is 2. The first-order valence-corrected chi connectivity index (χ1v) is 7.67. The molecule has 2 saturated heterocycles. The topological polar surface area (TPSA) is 71.4 Å². The lowest BCUT2D eigenvalue weighted by molar-refractivity contribution is -0.137. The van der Waals surface area contributed by atoms with Gasteiger partial charge in [-0.1, -0.05) is 5.16 Å². The van der Waals surface area contributed by atoms with Crippen LogP contribution in [0.2, 0.25) is 0 Å². The van der Waals surface area contributed by atoms with E-state index in [1.54, 1.807) is 4.90 Å². The molecule has 3 heterocycles. The first-order chi connectivity index (χ1) is 10.6. The van der Waals surface area contributed by atoms with Crippen molar-refractivity contribution in [2.45, 2.75) is 24.6 Å². The summed E-state index contributed by atoms with van der Waals surface area (Å²) in [5.74, 6) is -0.878. The molecule has 4 aliphatic rings. The maximum Gasteiger partial charge on any atom is 0.272 e. The van der Waals surface area contributed by atoms with Crippen LogP contribution in [0.3, 0.4) is 0 Å². The van der Waals surface area contributed by atoms with E-state index in [-0.39, 0.29) is 17.9 Å². The Kier molecular flexibility index (Phi) is 3.11. The zero-order valence-corrected chi connectivity index (χ0v) is 12.2. The number of carbonyl (C=O) groups is 2. The van der Waals surface area contributed by atoms with Crippen LogP contribution >= 0.6 is 0 Å². The fraction of sp³-hybridized carbons (Fsp3) is 0.786. The van der Waals surface area contributed by atoms with Gasteiger partial charge in [-0.25, -0.2) is 4.39 Å². The van der Waals surface area contributed by atoms with Crippen LogP contribution in [-0.4, -0.2) is 78.5 Å². The molecule has 0 radical (unpaired) electrons. The van der Waals surface area contributed by atoms with Gasteiger partial charge in [-0.2, -0.15) is 0 Å². The Balaban J connectivity index is 1.44. The molecule has 3 aliphatic heterocycles. The molecule has 0 aromatic rings. The van der Waals surface area contributed by atoms with Gasteiger partial charge < -0.3 is 19.4 Å². The van der Waals surface area contributed by atoms with Gasteiger partial charge in [-0.15, -0.1) is 0 Å². The van der Waals surface area contributed by atoms with Crippen LogP contribution in [0.5, 0.6) is 0 Å². The summed E-state index contributed by atoms with van der Waals surface area (Å²) < 4.78 is 19.1. The molecule has 0 aromatic carbocycles. The number of morpholine rings is 1. The van der Waals surface area contributed by atoms with Gasteiger partial charge in [0.2, 0.25) is 0 Å². The molecule has 1 aliphatic carbocycles. The molecule has 8 heteroatoms. The number of hydrogen-bond acceptors (Lipinski definition) is 5. The summed E-state index contributed by atoms with van der Waals surface area (Å²) >= 11 is 0. The number of nitrogens with zero attached hydrogens (tertiary/aromatic N) is 3. The lowest BCUT2D eigenvalue weighted by Gasteiger charge is -2.27. The SMILES string of the molecule is O=C(C1=NO[C@@H]2CN(C(=O)C3(F)CC3)C[C@H]12)N1CCOCC1. The minimum absolute atomic E-state index is 0.161. The third-order valence-electron chi connectivity index (χ3n) is 4.78. The molecule has 0 spiro atoms. The molecule has 2 amide bonds. The number of oxime groups is 1. The highest BCUT2D eigenvalue weighted by Gasteiger charge is 2.56. The summed E-state index contributed by atoms with van der Waals surface area (Å²) in [4.78, 5) is 33.1. The van der Waals surface area contributed by atoms with Crippen molar-refractivity contribution in [2.75, 3.05) is 39.4 Å². The summed E-state index contributed by atoms with van der Waals surface area (Å²) in [6.07, 6.45) is 0.268. The molecule has 0 unspecified atom stereocenters. The third kappa shape index (κ3) is 2.16. The monoisotopic (exact) mass is 311 g/mol. The first-order valence-electron chi connectivity index (χ1n) is 7.67. The fourth-order valence-electron chi connectivity index (χ4n) is 3.23. The largest absolute Gasteiger partial charge is 0.389 e. The van der Waals surface area contributed by atoms with E-state index >= 15 is 0 Å². The Morgan fingerprint density at radius 3 is 2.59 bits per heavy atom. The highest BCUT2D eigenvalue weighted by Crippen LogP contribution is 2.43. The molecule has 0 N–H and O–H groups in total. The average molecular weight is 311 g/mol. The average Bonchev–Trinajstić information content (AvgIpc) is 2.98. The van der Waals surface area contributed by atoms with Crippen molar-refractivity contribution in [3.63, 3.8) is 0 Å².